The number of rotatable bonds is 6. The highest BCUT2D eigenvalue weighted by Gasteiger charge is 2.24. The fourth-order valence-electron chi connectivity index (χ4n) is 2.98. The molecule has 2 aliphatic carbocycles. The van der Waals surface area contributed by atoms with Crippen LogP contribution in [0.1, 0.15) is 47.2 Å². The summed E-state index contributed by atoms with van der Waals surface area (Å²) >= 11 is 1.66. The first-order chi connectivity index (χ1) is 13.3. The Balaban J connectivity index is 1.38. The predicted octanol–water partition coefficient (Wildman–Crippen LogP) is 4.33. The van der Waals surface area contributed by atoms with Gasteiger partial charge in [-0.2, -0.15) is 0 Å². The van der Waals surface area contributed by atoms with Crippen molar-refractivity contribution in [1.29, 1.82) is 0 Å². The number of carbonyl (C=O) groups excluding carboxylic acids is 1. The number of thiophene rings is 1. The van der Waals surface area contributed by atoms with Gasteiger partial charge in [-0.05, 0) is 43.4 Å². The molecule has 1 amide bonds. The van der Waals surface area contributed by atoms with Gasteiger partial charge < -0.3 is 10.6 Å². The van der Waals surface area contributed by atoms with Crippen LogP contribution in [0.5, 0.6) is 0 Å². The Kier molecular flexibility index (Phi) is 4.13. The lowest BCUT2D eigenvalue weighted by molar-refractivity contribution is 0.0951. The minimum atomic E-state index is 0.0114. The van der Waals surface area contributed by atoms with Crippen LogP contribution in [0.2, 0.25) is 0 Å². The molecule has 2 fully saturated rings. The molecule has 1 aromatic carbocycles. The van der Waals surface area contributed by atoms with Crippen LogP contribution in [-0.4, -0.2) is 28.0 Å². The largest absolute Gasteiger partial charge is 0.366 e. The van der Waals surface area contributed by atoms with Crippen LogP contribution >= 0.6 is 11.3 Å². The second kappa shape index (κ2) is 6.78. The number of hydrogen-bond acceptors (Lipinski definition) is 5. The number of aromatic nitrogens is 2. The number of fused-ring (bicyclic) bond motifs is 1. The van der Waals surface area contributed by atoms with Crippen molar-refractivity contribution in [3.8, 4) is 0 Å². The van der Waals surface area contributed by atoms with Crippen LogP contribution in [0.3, 0.4) is 0 Å². The standard InChI is InChI=1S/C21H20N4OS/c26-21(25-17-8-9-17)14-3-1-2-13(10-14)4-5-15-11-27-19-18(15)22-12-23-20(19)24-16-6-7-16/h1-5,10-12,16-17H,6-9H2,(H,25,26)(H,22,23,24). The Morgan fingerprint density at radius 3 is 2.78 bits per heavy atom. The Morgan fingerprint density at radius 2 is 1.96 bits per heavy atom. The highest BCUT2D eigenvalue weighted by atomic mass is 32.1. The Morgan fingerprint density at radius 1 is 1.11 bits per heavy atom. The molecule has 0 atom stereocenters. The molecule has 0 unspecified atom stereocenters. The molecule has 0 radical (unpaired) electrons. The van der Waals surface area contributed by atoms with Crippen molar-refractivity contribution in [2.24, 2.45) is 0 Å². The number of nitrogens with one attached hydrogen (secondary N) is 2. The molecule has 3 aromatic rings. The van der Waals surface area contributed by atoms with Gasteiger partial charge in [-0.1, -0.05) is 24.3 Å². The van der Waals surface area contributed by atoms with Crippen molar-refractivity contribution >= 4 is 45.4 Å². The van der Waals surface area contributed by atoms with Gasteiger partial charge >= 0.3 is 0 Å². The number of carbonyl (C=O) groups is 1. The van der Waals surface area contributed by atoms with Crippen LogP contribution in [0.15, 0.2) is 36.0 Å². The Labute approximate surface area is 161 Å². The summed E-state index contributed by atoms with van der Waals surface area (Å²) in [5.74, 6) is 0.947. The summed E-state index contributed by atoms with van der Waals surface area (Å²) in [5, 5.41) is 8.62. The van der Waals surface area contributed by atoms with Gasteiger partial charge in [-0.15, -0.1) is 11.3 Å². The smallest absolute Gasteiger partial charge is 0.251 e. The first-order valence-electron chi connectivity index (χ1n) is 9.34. The normalized spacial score (nSPS) is 16.7. The lowest BCUT2D eigenvalue weighted by Crippen LogP contribution is -2.25. The maximum atomic E-state index is 12.2. The molecule has 5 rings (SSSR count). The van der Waals surface area contributed by atoms with E-state index in [2.05, 4.69) is 32.1 Å². The van der Waals surface area contributed by atoms with Gasteiger partial charge in [-0.3, -0.25) is 4.79 Å². The van der Waals surface area contributed by atoms with Crippen molar-refractivity contribution < 1.29 is 4.79 Å². The number of amides is 1. The van der Waals surface area contributed by atoms with Crippen LogP contribution in [0.25, 0.3) is 22.4 Å². The molecule has 2 aromatic heterocycles. The fourth-order valence-corrected chi connectivity index (χ4v) is 3.92. The van der Waals surface area contributed by atoms with Crippen molar-refractivity contribution in [2.75, 3.05) is 5.32 Å². The zero-order valence-corrected chi connectivity index (χ0v) is 15.6. The number of hydrogen-bond donors (Lipinski definition) is 2. The first-order valence-corrected chi connectivity index (χ1v) is 10.2. The van der Waals surface area contributed by atoms with Gasteiger partial charge in [0.1, 0.15) is 12.1 Å². The van der Waals surface area contributed by atoms with Crippen molar-refractivity contribution in [3.63, 3.8) is 0 Å². The SMILES string of the molecule is O=C(NC1CC1)c1cccc(C=Cc2csc3c(NC4CC4)ncnc23)c1. The summed E-state index contributed by atoms with van der Waals surface area (Å²) in [6.07, 6.45) is 10.3. The summed E-state index contributed by atoms with van der Waals surface area (Å²) in [7, 11) is 0. The third kappa shape index (κ3) is 3.71. The molecule has 6 heteroatoms. The predicted molar refractivity (Wildman–Crippen MR) is 110 cm³/mol. The maximum Gasteiger partial charge on any atom is 0.251 e. The zero-order valence-electron chi connectivity index (χ0n) is 14.8. The van der Waals surface area contributed by atoms with E-state index in [1.165, 1.54) is 12.8 Å². The van der Waals surface area contributed by atoms with Gasteiger partial charge in [0.25, 0.3) is 5.91 Å². The van der Waals surface area contributed by atoms with E-state index >= 15 is 0 Å². The molecule has 136 valence electrons. The van der Waals surface area contributed by atoms with E-state index in [-0.39, 0.29) is 5.91 Å². The molecule has 0 spiro atoms. The van der Waals surface area contributed by atoms with Gasteiger partial charge in [0, 0.05) is 28.6 Å². The quantitative estimate of drug-likeness (QED) is 0.672. The average Bonchev–Trinajstić information content (AvgIpc) is 3.61. The third-order valence-electron chi connectivity index (χ3n) is 4.82. The summed E-state index contributed by atoms with van der Waals surface area (Å²) in [6.45, 7) is 0. The van der Waals surface area contributed by atoms with E-state index in [1.54, 1.807) is 17.7 Å². The molecular formula is C21H20N4OS. The van der Waals surface area contributed by atoms with Crippen molar-refractivity contribution in [3.05, 3.63) is 52.7 Å². The summed E-state index contributed by atoms with van der Waals surface area (Å²) in [4.78, 5) is 21.1. The Hall–Kier alpha value is -2.73. The van der Waals surface area contributed by atoms with E-state index in [0.717, 1.165) is 40.0 Å². The molecule has 5 nitrogen and oxygen atoms in total. The molecule has 2 aliphatic rings. The average molecular weight is 376 g/mol. The highest BCUT2D eigenvalue weighted by Crippen LogP contribution is 2.33. The topological polar surface area (TPSA) is 66.9 Å². The summed E-state index contributed by atoms with van der Waals surface area (Å²) in [6, 6.07) is 8.65. The van der Waals surface area contributed by atoms with E-state index in [4.69, 9.17) is 0 Å². The van der Waals surface area contributed by atoms with Crippen LogP contribution in [-0.2, 0) is 0 Å². The monoisotopic (exact) mass is 376 g/mol. The molecular weight excluding hydrogens is 356 g/mol. The van der Waals surface area contributed by atoms with E-state index in [9.17, 15) is 4.79 Å². The minimum Gasteiger partial charge on any atom is -0.366 e. The maximum absolute atomic E-state index is 12.2. The number of anilines is 1. The molecule has 2 N–H and O–H groups in total. The van der Waals surface area contributed by atoms with E-state index in [1.807, 2.05) is 30.3 Å². The zero-order chi connectivity index (χ0) is 18.2. The Bertz CT molecular complexity index is 1030. The fraction of sp³-hybridized carbons (Fsp3) is 0.286. The van der Waals surface area contributed by atoms with Crippen LogP contribution in [0.4, 0.5) is 5.82 Å². The lowest BCUT2D eigenvalue weighted by Gasteiger charge is -2.04. The first kappa shape index (κ1) is 16.4. The van der Waals surface area contributed by atoms with Gasteiger partial charge in [0.05, 0.1) is 10.2 Å². The second-order valence-electron chi connectivity index (χ2n) is 7.22. The highest BCUT2D eigenvalue weighted by molar-refractivity contribution is 7.18. The van der Waals surface area contributed by atoms with Crippen LogP contribution < -0.4 is 10.6 Å². The van der Waals surface area contributed by atoms with Gasteiger partial charge in [0.15, 0.2) is 0 Å². The third-order valence-corrected chi connectivity index (χ3v) is 5.81. The molecule has 2 saturated carbocycles. The van der Waals surface area contributed by atoms with Gasteiger partial charge in [-0.25, -0.2) is 9.97 Å². The molecule has 2 heterocycles. The molecule has 0 aliphatic heterocycles. The second-order valence-corrected chi connectivity index (χ2v) is 8.10. The van der Waals surface area contributed by atoms with E-state index < -0.39 is 0 Å². The van der Waals surface area contributed by atoms with Crippen molar-refractivity contribution in [2.45, 2.75) is 37.8 Å². The van der Waals surface area contributed by atoms with Crippen molar-refractivity contribution in [1.82, 2.24) is 15.3 Å². The number of benzene rings is 1. The lowest BCUT2D eigenvalue weighted by atomic mass is 10.1. The molecule has 0 bridgehead atoms. The van der Waals surface area contributed by atoms with E-state index in [0.29, 0.717) is 17.6 Å². The molecule has 27 heavy (non-hydrogen) atoms. The summed E-state index contributed by atoms with van der Waals surface area (Å²) < 4.78 is 1.10. The minimum absolute atomic E-state index is 0.0114. The number of nitrogens with zero attached hydrogens (tertiary/aromatic N) is 2. The molecule has 0 saturated heterocycles. The van der Waals surface area contributed by atoms with Crippen LogP contribution in [0, 0.1) is 0 Å². The summed E-state index contributed by atoms with van der Waals surface area (Å²) in [5.41, 5.74) is 3.75. The van der Waals surface area contributed by atoms with Gasteiger partial charge in [0.2, 0.25) is 0 Å².